The Morgan fingerprint density at radius 3 is 2.81 bits per heavy atom. The van der Waals surface area contributed by atoms with E-state index in [1.165, 1.54) is 24.7 Å². The maximum atomic E-state index is 12.0. The lowest BCUT2D eigenvalue weighted by atomic mass is 10.2. The average Bonchev–Trinajstić information content (AvgIpc) is 2.21. The third-order valence-electron chi connectivity index (χ3n) is 2.25. The van der Waals surface area contributed by atoms with E-state index in [2.05, 4.69) is 4.36 Å². The SMILES string of the molecule is CC(c1ccc(Cl)[n+](O)c1)S(C)(=O)=NC#N. The second-order valence-electron chi connectivity index (χ2n) is 3.32. The summed E-state index contributed by atoms with van der Waals surface area (Å²) >= 11 is 5.63. The summed E-state index contributed by atoms with van der Waals surface area (Å²) in [6.07, 6.45) is 4.29. The monoisotopic (exact) mass is 260 g/mol. The summed E-state index contributed by atoms with van der Waals surface area (Å²) < 4.78 is 16.1. The van der Waals surface area contributed by atoms with E-state index in [0.717, 1.165) is 4.73 Å². The topological polar surface area (TPSA) is 77.3 Å². The molecule has 0 bridgehead atoms. The van der Waals surface area contributed by atoms with E-state index in [0.29, 0.717) is 5.56 Å². The van der Waals surface area contributed by atoms with E-state index in [1.807, 2.05) is 0 Å². The van der Waals surface area contributed by atoms with Crippen LogP contribution in [0.25, 0.3) is 0 Å². The molecule has 0 saturated carbocycles. The molecule has 16 heavy (non-hydrogen) atoms. The molecule has 1 aromatic rings. The van der Waals surface area contributed by atoms with Crippen LogP contribution in [0.3, 0.4) is 0 Å². The molecule has 0 spiro atoms. The Kier molecular flexibility index (Phi) is 3.73. The summed E-state index contributed by atoms with van der Waals surface area (Å²) in [4.78, 5) is 0. The molecule has 0 aliphatic carbocycles. The van der Waals surface area contributed by atoms with E-state index in [9.17, 15) is 9.42 Å². The predicted octanol–water partition coefficient (Wildman–Crippen LogP) is 1.50. The highest BCUT2D eigenvalue weighted by atomic mass is 35.5. The molecule has 1 heterocycles. The first kappa shape index (κ1) is 12.7. The number of halogens is 1. The maximum Gasteiger partial charge on any atom is 0.325 e. The average molecular weight is 261 g/mol. The summed E-state index contributed by atoms with van der Waals surface area (Å²) in [6.45, 7) is 1.67. The molecule has 2 atom stereocenters. The molecule has 1 N–H and O–H groups in total. The zero-order valence-corrected chi connectivity index (χ0v) is 10.4. The van der Waals surface area contributed by atoms with Crippen molar-refractivity contribution in [3.05, 3.63) is 29.0 Å². The van der Waals surface area contributed by atoms with E-state index >= 15 is 0 Å². The molecular weight excluding hydrogens is 250 g/mol. The standard InChI is InChI=1S/C9H11ClN3O2S/c1-7(16(2,15)12-6-11)8-3-4-9(10)13(14)5-8/h3-5,7,14H,1-2H3/q+1. The van der Waals surface area contributed by atoms with Crippen LogP contribution in [0.1, 0.15) is 17.7 Å². The molecule has 0 aliphatic heterocycles. The minimum atomic E-state index is -2.65. The van der Waals surface area contributed by atoms with Crippen molar-refractivity contribution in [2.24, 2.45) is 4.36 Å². The van der Waals surface area contributed by atoms with Gasteiger partial charge in [0.05, 0.1) is 15.0 Å². The number of aromatic nitrogens is 1. The molecule has 7 heteroatoms. The number of nitrogens with zero attached hydrogens (tertiary/aromatic N) is 3. The third kappa shape index (κ3) is 2.62. The van der Waals surface area contributed by atoms with Gasteiger partial charge < -0.3 is 0 Å². The van der Waals surface area contributed by atoms with Crippen LogP contribution in [0.15, 0.2) is 22.7 Å². The van der Waals surface area contributed by atoms with E-state index in [-0.39, 0.29) is 5.15 Å². The summed E-state index contributed by atoms with van der Waals surface area (Å²) in [5.41, 5.74) is 0.596. The third-order valence-corrected chi connectivity index (χ3v) is 4.58. The lowest BCUT2D eigenvalue weighted by Gasteiger charge is -2.10. The van der Waals surface area contributed by atoms with Crippen LogP contribution in [0, 0.1) is 11.5 Å². The van der Waals surface area contributed by atoms with Crippen molar-refractivity contribution in [2.45, 2.75) is 12.2 Å². The van der Waals surface area contributed by atoms with E-state index < -0.39 is 15.0 Å². The highest BCUT2D eigenvalue weighted by Crippen LogP contribution is 2.22. The highest BCUT2D eigenvalue weighted by Gasteiger charge is 2.20. The van der Waals surface area contributed by atoms with Gasteiger partial charge in [0.2, 0.25) is 12.4 Å². The second-order valence-corrected chi connectivity index (χ2v) is 6.32. The smallest absolute Gasteiger partial charge is 0.284 e. The molecule has 0 amide bonds. The van der Waals surface area contributed by atoms with Crippen LogP contribution >= 0.6 is 11.6 Å². The van der Waals surface area contributed by atoms with Crippen LogP contribution < -0.4 is 4.73 Å². The van der Waals surface area contributed by atoms with Crippen molar-refractivity contribution in [1.82, 2.24) is 0 Å². The zero-order chi connectivity index (χ0) is 12.3. The number of pyridine rings is 1. The molecule has 2 unspecified atom stereocenters. The Bertz CT molecular complexity index is 558. The maximum absolute atomic E-state index is 12.0. The summed E-state index contributed by atoms with van der Waals surface area (Å²) in [6, 6.07) is 3.12. The van der Waals surface area contributed by atoms with Crippen molar-refractivity contribution in [2.75, 3.05) is 6.26 Å². The summed E-state index contributed by atoms with van der Waals surface area (Å²) in [5.74, 6) is 0. The van der Waals surface area contributed by atoms with Gasteiger partial charge in [-0.2, -0.15) is 5.26 Å². The van der Waals surface area contributed by atoms with Crippen LogP contribution in [-0.4, -0.2) is 15.7 Å². The van der Waals surface area contributed by atoms with Gasteiger partial charge in [-0.3, -0.25) is 5.21 Å². The molecule has 0 radical (unpaired) electrons. The Balaban J connectivity index is 3.22. The fraction of sp³-hybridized carbons (Fsp3) is 0.333. The molecule has 0 fully saturated rings. The minimum absolute atomic E-state index is 0.149. The molecule has 86 valence electrons. The molecule has 0 aromatic carbocycles. The van der Waals surface area contributed by atoms with Gasteiger partial charge in [0.15, 0.2) is 0 Å². The minimum Gasteiger partial charge on any atom is -0.284 e. The number of nitriles is 1. The second kappa shape index (κ2) is 4.68. The van der Waals surface area contributed by atoms with E-state index in [4.69, 9.17) is 16.9 Å². The largest absolute Gasteiger partial charge is 0.325 e. The van der Waals surface area contributed by atoms with Gasteiger partial charge >= 0.3 is 5.15 Å². The molecular formula is C9H11ClN3O2S+. The van der Waals surface area contributed by atoms with Crippen molar-refractivity contribution in [1.29, 1.82) is 5.26 Å². The summed E-state index contributed by atoms with van der Waals surface area (Å²) in [5, 5.41) is 17.4. The molecule has 0 aliphatic rings. The van der Waals surface area contributed by atoms with Gasteiger partial charge in [-0.05, 0) is 24.6 Å². The molecule has 0 saturated heterocycles. The van der Waals surface area contributed by atoms with Gasteiger partial charge in [-0.15, -0.1) is 4.36 Å². The van der Waals surface area contributed by atoms with Crippen LogP contribution in [0.5, 0.6) is 0 Å². The van der Waals surface area contributed by atoms with Crippen LogP contribution in [0.2, 0.25) is 5.15 Å². The highest BCUT2D eigenvalue weighted by molar-refractivity contribution is 7.93. The van der Waals surface area contributed by atoms with Crippen molar-refractivity contribution >= 4 is 21.3 Å². The Morgan fingerprint density at radius 1 is 1.69 bits per heavy atom. The van der Waals surface area contributed by atoms with Crippen molar-refractivity contribution in [3.63, 3.8) is 0 Å². The number of hydrogen-bond donors (Lipinski definition) is 1. The van der Waals surface area contributed by atoms with Gasteiger partial charge in [-0.1, -0.05) is 0 Å². The Hall–Kier alpha value is -1.32. The van der Waals surface area contributed by atoms with Gasteiger partial charge in [0.25, 0.3) is 0 Å². The zero-order valence-electron chi connectivity index (χ0n) is 8.79. The van der Waals surface area contributed by atoms with Crippen LogP contribution in [0.4, 0.5) is 0 Å². The lowest BCUT2D eigenvalue weighted by Crippen LogP contribution is -2.32. The first-order chi connectivity index (χ1) is 7.38. The van der Waals surface area contributed by atoms with Crippen LogP contribution in [-0.2, 0) is 9.73 Å². The first-order valence-corrected chi connectivity index (χ1v) is 6.74. The number of rotatable bonds is 2. The quantitative estimate of drug-likeness (QED) is 0.379. The molecule has 1 aromatic heterocycles. The molecule has 1 rings (SSSR count). The normalized spacial score (nSPS) is 15.9. The predicted molar refractivity (Wildman–Crippen MR) is 59.4 cm³/mol. The fourth-order valence-electron chi connectivity index (χ4n) is 1.14. The fourth-order valence-corrected chi connectivity index (χ4v) is 2.22. The number of hydrogen-bond acceptors (Lipinski definition) is 4. The van der Waals surface area contributed by atoms with Gasteiger partial charge in [0, 0.05) is 22.6 Å². The van der Waals surface area contributed by atoms with Gasteiger partial charge in [-0.25, -0.2) is 4.21 Å². The van der Waals surface area contributed by atoms with Crippen molar-refractivity contribution < 1.29 is 14.1 Å². The van der Waals surface area contributed by atoms with E-state index in [1.54, 1.807) is 13.0 Å². The first-order valence-electron chi connectivity index (χ1n) is 4.38. The lowest BCUT2D eigenvalue weighted by molar-refractivity contribution is -0.903. The van der Waals surface area contributed by atoms with Gasteiger partial charge in [0.1, 0.15) is 0 Å². The molecule has 5 nitrogen and oxygen atoms in total. The summed E-state index contributed by atoms with van der Waals surface area (Å²) in [7, 11) is -2.65. The van der Waals surface area contributed by atoms with Crippen molar-refractivity contribution in [3.8, 4) is 6.19 Å². The Morgan fingerprint density at radius 2 is 2.31 bits per heavy atom. The Labute approximate surface area is 99.0 Å².